The van der Waals surface area contributed by atoms with Crippen LogP contribution in [-0.4, -0.2) is 93.7 Å². The van der Waals surface area contributed by atoms with Crippen molar-refractivity contribution in [3.05, 3.63) is 102 Å². The highest BCUT2D eigenvalue weighted by atomic mass is 16.5. The van der Waals surface area contributed by atoms with E-state index in [1.807, 2.05) is 42.7 Å². The Hall–Kier alpha value is -4.90. The fourth-order valence-corrected chi connectivity index (χ4v) is 11.8. The molecule has 0 aliphatic carbocycles. The van der Waals surface area contributed by atoms with E-state index in [1.165, 1.54) is 36.8 Å². The van der Waals surface area contributed by atoms with E-state index in [2.05, 4.69) is 66.1 Å². The van der Waals surface area contributed by atoms with Gasteiger partial charge < -0.3 is 19.3 Å². The topological polar surface area (TPSA) is 106 Å². The minimum atomic E-state index is -0.00928. The maximum atomic E-state index is 10.1. The van der Waals surface area contributed by atoms with Crippen LogP contribution in [0.4, 0.5) is 0 Å². The molecule has 6 aromatic rings. The number of hydrogen-bond acceptors (Lipinski definition) is 10. The van der Waals surface area contributed by atoms with Crippen LogP contribution in [0.25, 0.3) is 32.6 Å². The van der Waals surface area contributed by atoms with Crippen molar-refractivity contribution in [2.75, 3.05) is 46.5 Å². The van der Waals surface area contributed by atoms with Crippen molar-refractivity contribution in [3.8, 4) is 17.5 Å². The molecule has 0 amide bonds. The number of hydrogen-bond donors (Lipinski definition) is 1. The number of rotatable bonds is 14. The first kappa shape index (κ1) is 39.2. The number of piperidine rings is 6. The van der Waals surface area contributed by atoms with E-state index >= 15 is 0 Å². The molecule has 10 nitrogen and oxygen atoms in total. The normalized spacial score (nSPS) is 27.0. The Morgan fingerprint density at radius 2 is 1.20 bits per heavy atom. The molecule has 6 saturated heterocycles. The minimum Gasteiger partial charge on any atom is -0.497 e. The van der Waals surface area contributed by atoms with Gasteiger partial charge in [0.25, 0.3) is 0 Å². The van der Waals surface area contributed by atoms with Crippen LogP contribution in [0.5, 0.6) is 17.5 Å². The van der Waals surface area contributed by atoms with Gasteiger partial charge in [0, 0.05) is 60.2 Å². The number of ether oxygens (including phenoxy) is 3. The third-order valence-electron chi connectivity index (χ3n) is 15.1. The first-order chi connectivity index (χ1) is 29.5. The van der Waals surface area contributed by atoms with E-state index in [1.54, 1.807) is 7.11 Å². The van der Waals surface area contributed by atoms with Crippen LogP contribution in [0.15, 0.2) is 85.2 Å². The summed E-state index contributed by atoms with van der Waals surface area (Å²) in [5, 5.41) is 23.6. The van der Waals surface area contributed by atoms with Crippen molar-refractivity contribution in [1.82, 2.24) is 30.0 Å². The molecular formula is C50H58N6O4. The van der Waals surface area contributed by atoms with E-state index in [9.17, 15) is 5.11 Å². The Morgan fingerprint density at radius 3 is 1.68 bits per heavy atom. The lowest BCUT2D eigenvalue weighted by Crippen LogP contribution is -2.55. The summed E-state index contributed by atoms with van der Waals surface area (Å²) in [6.45, 7) is 10.1. The zero-order valence-electron chi connectivity index (χ0n) is 35.2. The smallest absolute Gasteiger partial charge is 0.241 e. The predicted octanol–water partition coefficient (Wildman–Crippen LogP) is 8.79. The number of aromatic nitrogens is 4. The molecule has 3 aromatic carbocycles. The van der Waals surface area contributed by atoms with Crippen LogP contribution in [0.1, 0.15) is 80.9 Å². The van der Waals surface area contributed by atoms with Gasteiger partial charge in [0.1, 0.15) is 5.75 Å². The molecule has 4 bridgehead atoms. The van der Waals surface area contributed by atoms with Crippen molar-refractivity contribution in [2.45, 2.75) is 82.9 Å². The lowest BCUT2D eigenvalue weighted by molar-refractivity contribution is -0.0177. The van der Waals surface area contributed by atoms with Gasteiger partial charge in [0.2, 0.25) is 11.8 Å². The number of pyridine rings is 2. The van der Waals surface area contributed by atoms with Crippen molar-refractivity contribution in [1.29, 1.82) is 0 Å². The van der Waals surface area contributed by atoms with E-state index < -0.39 is 0 Å². The number of aliphatic hydroxyl groups excluding tert-OH is 1. The molecule has 12 rings (SSSR count). The van der Waals surface area contributed by atoms with Crippen molar-refractivity contribution < 1.29 is 19.3 Å². The quantitative estimate of drug-likeness (QED) is 0.115. The predicted molar refractivity (Wildman–Crippen MR) is 236 cm³/mol. The van der Waals surface area contributed by atoms with Crippen LogP contribution in [-0.2, 0) is 6.61 Å². The van der Waals surface area contributed by atoms with E-state index in [0.29, 0.717) is 37.1 Å². The maximum Gasteiger partial charge on any atom is 0.241 e. The van der Waals surface area contributed by atoms with Crippen LogP contribution in [0.3, 0.4) is 0 Å². The lowest BCUT2D eigenvalue weighted by Gasteiger charge is -2.52. The number of benzene rings is 3. The maximum absolute atomic E-state index is 10.1. The third kappa shape index (κ3) is 7.24. The molecule has 10 heteroatoms. The number of fused-ring (bicyclic) bond motifs is 9. The zero-order chi connectivity index (χ0) is 40.7. The third-order valence-corrected chi connectivity index (χ3v) is 15.1. The second-order valence-electron chi connectivity index (χ2n) is 17.9. The Morgan fingerprint density at radius 1 is 0.667 bits per heavy atom. The highest BCUT2D eigenvalue weighted by Gasteiger charge is 2.45. The van der Waals surface area contributed by atoms with Crippen molar-refractivity contribution in [3.63, 3.8) is 0 Å². The van der Waals surface area contributed by atoms with Gasteiger partial charge in [0.05, 0.1) is 48.7 Å². The molecule has 0 radical (unpaired) electrons. The standard InChI is InChI=1S/C50H58N6O4/c1-4-32-26-55-20-16-34(32)23-47(55)43(37-14-18-51-45-12-10-31(28-57)22-41(37)45)29-59-49-39-8-6-7-9-40(39)50(54-53-49)60-30-44(48-24-35-17-21-56(48)27-33(35)5-2)38-15-19-52-46-13-11-36(58-3)25-42(38)46/h6-15,18-19,22,25,32-35,43-44,47-48,57H,4-5,16-17,20-21,23-24,26-30H2,1-3H3/t32?,33?,34-,35?,43+,44+,47?,48?/m1/s1. The summed E-state index contributed by atoms with van der Waals surface area (Å²) in [6.07, 6.45) is 11.1. The van der Waals surface area contributed by atoms with Crippen molar-refractivity contribution in [2.24, 2.45) is 23.7 Å². The number of nitrogens with zero attached hydrogens (tertiary/aromatic N) is 6. The van der Waals surface area contributed by atoms with Gasteiger partial charge in [-0.05, 0) is 134 Å². The first-order valence-corrected chi connectivity index (χ1v) is 22.4. The Bertz CT molecular complexity index is 2310. The number of methoxy groups -OCH3 is 1. The molecule has 9 heterocycles. The van der Waals surface area contributed by atoms with E-state index in [4.69, 9.17) is 34.4 Å². The summed E-state index contributed by atoms with van der Waals surface area (Å²) < 4.78 is 19.5. The highest BCUT2D eigenvalue weighted by Crippen LogP contribution is 2.46. The summed E-state index contributed by atoms with van der Waals surface area (Å²) in [5.41, 5.74) is 5.23. The van der Waals surface area contributed by atoms with E-state index in [-0.39, 0.29) is 18.4 Å². The summed E-state index contributed by atoms with van der Waals surface area (Å²) in [6, 6.07) is 25.5. The summed E-state index contributed by atoms with van der Waals surface area (Å²) >= 11 is 0. The Labute approximate surface area is 353 Å². The minimum absolute atomic E-state index is 0.00928. The molecule has 6 fully saturated rings. The van der Waals surface area contributed by atoms with Gasteiger partial charge in [-0.25, -0.2) is 0 Å². The van der Waals surface area contributed by atoms with Gasteiger partial charge in [-0.3, -0.25) is 19.8 Å². The fourth-order valence-electron chi connectivity index (χ4n) is 11.8. The summed E-state index contributed by atoms with van der Waals surface area (Å²) in [4.78, 5) is 14.9. The van der Waals surface area contributed by atoms with E-state index in [0.717, 1.165) is 107 Å². The average molecular weight is 807 g/mol. The van der Waals surface area contributed by atoms with Crippen LogP contribution < -0.4 is 14.2 Å². The van der Waals surface area contributed by atoms with Gasteiger partial charge in [-0.2, -0.15) is 0 Å². The molecule has 312 valence electrons. The van der Waals surface area contributed by atoms with Crippen LogP contribution in [0, 0.1) is 23.7 Å². The molecule has 10 atom stereocenters. The fraction of sp³-hybridized carbons (Fsp3) is 0.480. The molecule has 3 aromatic heterocycles. The van der Waals surface area contributed by atoms with Crippen LogP contribution >= 0.6 is 0 Å². The monoisotopic (exact) mass is 806 g/mol. The van der Waals surface area contributed by atoms with Gasteiger partial charge in [-0.1, -0.05) is 44.9 Å². The SMILES string of the molecule is CCC1CN2CCC1CC2[C@@H](COc1nnc(OC[C@@H](c2ccnc3ccc(CO)cc23)C2C[C@H]3CCN2CC3CC)c2ccccc12)c1ccnc2ccc(OC)cc12. The Balaban J connectivity index is 0.967. The first-order valence-electron chi connectivity index (χ1n) is 22.4. The Kier molecular flexibility index (Phi) is 11.0. The van der Waals surface area contributed by atoms with Crippen LogP contribution in [0.2, 0.25) is 0 Å². The molecule has 0 spiro atoms. The summed E-state index contributed by atoms with van der Waals surface area (Å²) in [5.74, 6) is 4.98. The van der Waals surface area contributed by atoms with Gasteiger partial charge >= 0.3 is 0 Å². The zero-order valence-corrected chi connectivity index (χ0v) is 35.2. The largest absolute Gasteiger partial charge is 0.497 e. The lowest BCUT2D eigenvalue weighted by atomic mass is 9.70. The second kappa shape index (κ2) is 16.9. The molecule has 60 heavy (non-hydrogen) atoms. The molecular weight excluding hydrogens is 749 g/mol. The highest BCUT2D eigenvalue weighted by molar-refractivity contribution is 5.90. The average Bonchev–Trinajstić information content (AvgIpc) is 3.32. The molecule has 1 N–H and O–H groups in total. The second-order valence-corrected chi connectivity index (χ2v) is 17.9. The number of aliphatic hydroxyl groups is 1. The molecule has 6 aliphatic rings. The molecule has 0 saturated carbocycles. The van der Waals surface area contributed by atoms with Gasteiger partial charge in [0.15, 0.2) is 0 Å². The van der Waals surface area contributed by atoms with Crippen molar-refractivity contribution >= 4 is 32.6 Å². The molecule has 7 unspecified atom stereocenters. The summed E-state index contributed by atoms with van der Waals surface area (Å²) in [7, 11) is 1.72. The molecule has 6 aliphatic heterocycles. The van der Waals surface area contributed by atoms with Gasteiger partial charge in [-0.15, -0.1) is 10.2 Å².